The van der Waals surface area contributed by atoms with Gasteiger partial charge >= 0.3 is 0 Å². The summed E-state index contributed by atoms with van der Waals surface area (Å²) in [5.41, 5.74) is 6.04. The molecule has 5 heteroatoms. The minimum Gasteiger partial charge on any atom is -0.368 e. The summed E-state index contributed by atoms with van der Waals surface area (Å²) in [5.74, 6) is -0.846. The second-order valence-electron chi connectivity index (χ2n) is 3.49. The van der Waals surface area contributed by atoms with Crippen LogP contribution < -0.4 is 11.1 Å². The number of carbonyl (C=O) groups is 2. The highest BCUT2D eigenvalue weighted by molar-refractivity contribution is 6.30. The Kier molecular flexibility index (Phi) is 4.31. The van der Waals surface area contributed by atoms with E-state index in [4.69, 9.17) is 17.3 Å². The Morgan fingerprint density at radius 2 is 2.19 bits per heavy atom. The molecule has 0 fully saturated rings. The van der Waals surface area contributed by atoms with E-state index >= 15 is 0 Å². The number of primary amides is 1. The van der Waals surface area contributed by atoms with E-state index in [2.05, 4.69) is 5.32 Å². The van der Waals surface area contributed by atoms with Crippen LogP contribution in [0.5, 0.6) is 0 Å². The van der Waals surface area contributed by atoms with Crippen LogP contribution in [0.2, 0.25) is 5.02 Å². The molecule has 0 aromatic heterocycles. The lowest BCUT2D eigenvalue weighted by atomic mass is 10.1. The fraction of sp³-hybridized carbons (Fsp3) is 0.273. The van der Waals surface area contributed by atoms with Crippen LogP contribution in [0.25, 0.3) is 0 Å². The van der Waals surface area contributed by atoms with Gasteiger partial charge < -0.3 is 11.1 Å². The fourth-order valence-corrected chi connectivity index (χ4v) is 1.58. The minimum atomic E-state index is -0.698. The predicted molar refractivity (Wildman–Crippen MR) is 62.0 cm³/mol. The van der Waals surface area contributed by atoms with Gasteiger partial charge in [0.1, 0.15) is 6.04 Å². The molecule has 0 saturated carbocycles. The Balaban J connectivity index is 2.75. The third-order valence-electron chi connectivity index (χ3n) is 2.05. The largest absolute Gasteiger partial charge is 0.368 e. The highest BCUT2D eigenvalue weighted by Gasteiger charge is 2.16. The summed E-state index contributed by atoms with van der Waals surface area (Å²) in [5, 5.41) is 3.08. The summed E-state index contributed by atoms with van der Waals surface area (Å²) in [6, 6.07) is 6.38. The second-order valence-corrected chi connectivity index (χ2v) is 3.93. The summed E-state index contributed by atoms with van der Waals surface area (Å²) in [6.07, 6.45) is 0.343. The molecule has 0 unspecified atom stereocenters. The standard InChI is InChI=1S/C11H13ClN2O2/c1-7(15)14-10(11(13)16)6-8-3-2-4-9(12)5-8/h2-5,10H,6H2,1H3,(H2,13,16)(H,14,15)/t10-/m1/s1. The number of amides is 2. The van der Waals surface area contributed by atoms with Crippen LogP contribution in [-0.2, 0) is 16.0 Å². The van der Waals surface area contributed by atoms with Crippen molar-refractivity contribution < 1.29 is 9.59 Å². The lowest BCUT2D eigenvalue weighted by Gasteiger charge is -2.14. The van der Waals surface area contributed by atoms with E-state index in [0.717, 1.165) is 5.56 Å². The molecule has 86 valence electrons. The topological polar surface area (TPSA) is 72.2 Å². The highest BCUT2D eigenvalue weighted by Crippen LogP contribution is 2.12. The lowest BCUT2D eigenvalue weighted by Crippen LogP contribution is -2.44. The van der Waals surface area contributed by atoms with Crippen LogP contribution in [0.15, 0.2) is 24.3 Å². The highest BCUT2D eigenvalue weighted by atomic mass is 35.5. The molecular weight excluding hydrogens is 228 g/mol. The van der Waals surface area contributed by atoms with Crippen LogP contribution in [0.1, 0.15) is 12.5 Å². The summed E-state index contributed by atoms with van der Waals surface area (Å²) in [7, 11) is 0. The Bertz CT molecular complexity index is 407. The first-order valence-electron chi connectivity index (χ1n) is 4.80. The van der Waals surface area contributed by atoms with E-state index < -0.39 is 11.9 Å². The molecule has 2 amide bonds. The maximum Gasteiger partial charge on any atom is 0.240 e. The predicted octanol–water partition coefficient (Wildman–Crippen LogP) is 0.873. The smallest absolute Gasteiger partial charge is 0.240 e. The van der Waals surface area contributed by atoms with Crippen molar-refractivity contribution in [2.24, 2.45) is 5.73 Å². The third-order valence-corrected chi connectivity index (χ3v) is 2.28. The number of benzene rings is 1. The second kappa shape index (κ2) is 5.51. The molecule has 0 spiro atoms. The number of hydrogen-bond acceptors (Lipinski definition) is 2. The first kappa shape index (κ1) is 12.5. The molecule has 0 radical (unpaired) electrons. The zero-order valence-corrected chi connectivity index (χ0v) is 9.62. The number of nitrogens with two attached hydrogens (primary N) is 1. The Morgan fingerprint density at radius 1 is 1.50 bits per heavy atom. The van der Waals surface area contributed by atoms with Crippen molar-refractivity contribution in [3.8, 4) is 0 Å². The van der Waals surface area contributed by atoms with Gasteiger partial charge in [-0.25, -0.2) is 0 Å². The van der Waals surface area contributed by atoms with Gasteiger partial charge in [-0.2, -0.15) is 0 Å². The van der Waals surface area contributed by atoms with Crippen molar-refractivity contribution in [1.29, 1.82) is 0 Å². The molecule has 3 N–H and O–H groups in total. The van der Waals surface area contributed by atoms with Crippen LogP contribution >= 0.6 is 11.6 Å². The van der Waals surface area contributed by atoms with Crippen LogP contribution in [0, 0.1) is 0 Å². The molecule has 0 aliphatic rings. The first-order chi connectivity index (χ1) is 7.49. The molecule has 0 aliphatic heterocycles. The molecule has 0 heterocycles. The van der Waals surface area contributed by atoms with Crippen molar-refractivity contribution >= 4 is 23.4 Å². The van der Waals surface area contributed by atoms with Gasteiger partial charge in [-0.05, 0) is 17.7 Å². The minimum absolute atomic E-state index is 0.286. The zero-order chi connectivity index (χ0) is 12.1. The molecule has 1 rings (SSSR count). The summed E-state index contributed by atoms with van der Waals surface area (Å²) in [4.78, 5) is 22.0. The van der Waals surface area contributed by atoms with Crippen LogP contribution in [0.3, 0.4) is 0 Å². The van der Waals surface area contributed by atoms with Crippen molar-refractivity contribution in [3.63, 3.8) is 0 Å². The summed E-state index contributed by atoms with van der Waals surface area (Å²) >= 11 is 5.81. The van der Waals surface area contributed by atoms with E-state index in [-0.39, 0.29) is 5.91 Å². The molecule has 1 aromatic carbocycles. The normalized spacial score (nSPS) is 11.9. The van der Waals surface area contributed by atoms with Crippen LogP contribution in [-0.4, -0.2) is 17.9 Å². The molecule has 1 aromatic rings. The molecule has 16 heavy (non-hydrogen) atoms. The SMILES string of the molecule is CC(=O)N[C@H](Cc1cccc(Cl)c1)C(N)=O. The Hall–Kier alpha value is -1.55. The van der Waals surface area contributed by atoms with Crippen LogP contribution in [0.4, 0.5) is 0 Å². The average molecular weight is 241 g/mol. The number of rotatable bonds is 4. The first-order valence-corrected chi connectivity index (χ1v) is 5.17. The van der Waals surface area contributed by atoms with Gasteiger partial charge in [0.15, 0.2) is 0 Å². The van der Waals surface area contributed by atoms with Crippen molar-refractivity contribution in [2.45, 2.75) is 19.4 Å². The van der Waals surface area contributed by atoms with Crippen molar-refractivity contribution in [3.05, 3.63) is 34.9 Å². The Morgan fingerprint density at radius 3 is 2.69 bits per heavy atom. The molecule has 0 aliphatic carbocycles. The zero-order valence-electron chi connectivity index (χ0n) is 8.87. The van der Waals surface area contributed by atoms with Gasteiger partial charge in [-0.3, -0.25) is 9.59 Å². The fourth-order valence-electron chi connectivity index (χ4n) is 1.37. The number of hydrogen-bond donors (Lipinski definition) is 2. The maximum absolute atomic E-state index is 11.1. The molecule has 1 atom stereocenters. The molecule has 0 saturated heterocycles. The number of nitrogens with one attached hydrogen (secondary N) is 1. The van der Waals surface area contributed by atoms with Gasteiger partial charge in [-0.15, -0.1) is 0 Å². The lowest BCUT2D eigenvalue weighted by molar-refractivity contribution is -0.126. The van der Waals surface area contributed by atoms with Gasteiger partial charge in [0.25, 0.3) is 0 Å². The third kappa shape index (κ3) is 3.90. The quantitative estimate of drug-likeness (QED) is 0.820. The molecule has 0 bridgehead atoms. The van der Waals surface area contributed by atoms with E-state index in [9.17, 15) is 9.59 Å². The monoisotopic (exact) mass is 240 g/mol. The Labute approximate surface area is 98.8 Å². The average Bonchev–Trinajstić information content (AvgIpc) is 2.15. The van der Waals surface area contributed by atoms with E-state index in [1.165, 1.54) is 6.92 Å². The summed E-state index contributed by atoms with van der Waals surface area (Å²) < 4.78 is 0. The van der Waals surface area contributed by atoms with Gasteiger partial charge in [0.05, 0.1) is 0 Å². The van der Waals surface area contributed by atoms with Crippen molar-refractivity contribution in [1.82, 2.24) is 5.32 Å². The van der Waals surface area contributed by atoms with Gasteiger partial charge in [0, 0.05) is 18.4 Å². The molecule has 4 nitrogen and oxygen atoms in total. The number of halogens is 1. The van der Waals surface area contributed by atoms with Gasteiger partial charge in [-0.1, -0.05) is 23.7 Å². The number of carbonyl (C=O) groups excluding carboxylic acids is 2. The maximum atomic E-state index is 11.1. The summed E-state index contributed by atoms with van der Waals surface area (Å²) in [6.45, 7) is 1.34. The van der Waals surface area contributed by atoms with Gasteiger partial charge in [0.2, 0.25) is 11.8 Å². The molecular formula is C11H13ClN2O2. The van der Waals surface area contributed by atoms with E-state index in [0.29, 0.717) is 11.4 Å². The van der Waals surface area contributed by atoms with E-state index in [1.54, 1.807) is 18.2 Å². The van der Waals surface area contributed by atoms with E-state index in [1.807, 2.05) is 6.07 Å². The van der Waals surface area contributed by atoms with Crippen molar-refractivity contribution in [2.75, 3.05) is 0 Å².